The minimum Gasteiger partial charge on any atom is -0.467 e. The lowest BCUT2D eigenvalue weighted by molar-refractivity contribution is -0.382. The smallest absolute Gasteiger partial charge is 0.328 e. The summed E-state index contributed by atoms with van der Waals surface area (Å²) in [6.07, 6.45) is 9.05. The number of halogens is 1. The molecule has 2 rings (SSSR count). The summed E-state index contributed by atoms with van der Waals surface area (Å²) >= 11 is 5.73. The van der Waals surface area contributed by atoms with Crippen LogP contribution in [0.2, 0.25) is 0 Å². The van der Waals surface area contributed by atoms with Crippen LogP contribution in [0.15, 0.2) is 35.1 Å². The van der Waals surface area contributed by atoms with Crippen LogP contribution >= 0.6 is 11.6 Å². The van der Waals surface area contributed by atoms with Gasteiger partial charge in [0.05, 0.1) is 7.11 Å². The first-order valence-electron chi connectivity index (χ1n) is 6.74. The predicted octanol–water partition coefficient (Wildman–Crippen LogP) is -0.0330. The van der Waals surface area contributed by atoms with E-state index in [1.165, 1.54) is 7.11 Å². The second kappa shape index (κ2) is 6.72. The molecule has 2 atom stereocenters. The Hall–Kier alpha value is -1.88. The summed E-state index contributed by atoms with van der Waals surface area (Å²) in [6.45, 7) is 1.56. The molecule has 2 N–H and O–H groups in total. The molecule has 0 aromatic heterocycles. The maximum atomic E-state index is 11.9. The van der Waals surface area contributed by atoms with E-state index < -0.39 is 17.4 Å². The molecule has 2 aliphatic rings. The summed E-state index contributed by atoms with van der Waals surface area (Å²) in [7, 11) is 1.30. The zero-order chi connectivity index (χ0) is 15.4. The van der Waals surface area contributed by atoms with E-state index in [9.17, 15) is 9.59 Å². The van der Waals surface area contributed by atoms with Gasteiger partial charge in [-0.2, -0.15) is 0 Å². The fourth-order valence-corrected chi connectivity index (χ4v) is 2.34. The third-order valence-corrected chi connectivity index (χ3v) is 3.62. The van der Waals surface area contributed by atoms with Crippen molar-refractivity contribution in [2.24, 2.45) is 0 Å². The monoisotopic (exact) mass is 309 g/mol. The quantitative estimate of drug-likeness (QED) is 0.553. The molecule has 5 nitrogen and oxygen atoms in total. The maximum absolute atomic E-state index is 11.9. The Labute approximate surface area is 128 Å². The first kappa shape index (κ1) is 15.5. The van der Waals surface area contributed by atoms with E-state index in [2.05, 4.69) is 10.3 Å². The normalized spacial score (nSPS) is 18.9. The topological polar surface area (TPSA) is 69.4 Å². The number of alkyl halides is 1. The predicted molar refractivity (Wildman–Crippen MR) is 79.8 cm³/mol. The Morgan fingerprint density at radius 1 is 1.52 bits per heavy atom. The zero-order valence-corrected chi connectivity index (χ0v) is 12.7. The van der Waals surface area contributed by atoms with Crippen molar-refractivity contribution in [2.45, 2.75) is 31.2 Å². The zero-order valence-electron chi connectivity index (χ0n) is 12.0. The van der Waals surface area contributed by atoms with E-state index in [1.807, 2.05) is 24.4 Å². The number of allylic oxidation sites excluding steroid dienone is 4. The highest BCUT2D eigenvalue weighted by Crippen LogP contribution is 2.23. The van der Waals surface area contributed by atoms with Gasteiger partial charge < -0.3 is 10.1 Å². The van der Waals surface area contributed by atoms with Crippen molar-refractivity contribution in [1.82, 2.24) is 5.32 Å². The summed E-state index contributed by atoms with van der Waals surface area (Å²) < 4.78 is 4.76. The van der Waals surface area contributed by atoms with Crippen molar-refractivity contribution >= 4 is 29.7 Å². The van der Waals surface area contributed by atoms with Gasteiger partial charge in [-0.25, -0.2) is 9.79 Å². The highest BCUT2D eigenvalue weighted by Gasteiger charge is 2.29. The molecule has 0 aromatic rings. The molecule has 1 amide bonds. The van der Waals surface area contributed by atoms with Gasteiger partial charge in [0.1, 0.15) is 11.4 Å². The number of methoxy groups -OCH3 is 1. The molecule has 1 aliphatic carbocycles. The standard InChI is InChI=1S/C15H17ClN2O3/c1-9(16)14(19)18-13(15(20)21-2)7-10-8-17-12-6-4-3-5-11(10)12/h3-4,6,8-9,13H,5,7H2,1-2H3,(H,18,19)/p+1/t9?,13-/m0/s1. The molecule has 0 saturated heterocycles. The number of hydrogen-bond acceptors (Lipinski definition) is 3. The van der Waals surface area contributed by atoms with E-state index in [0.29, 0.717) is 6.42 Å². The molecule has 6 heteroatoms. The van der Waals surface area contributed by atoms with Crippen LogP contribution in [0.25, 0.3) is 0 Å². The molecule has 0 spiro atoms. The summed E-state index contributed by atoms with van der Waals surface area (Å²) in [4.78, 5) is 26.7. The molecule has 0 saturated carbocycles. The fourth-order valence-electron chi connectivity index (χ4n) is 2.28. The van der Waals surface area contributed by atoms with Crippen LogP contribution in [0.3, 0.4) is 0 Å². The highest BCUT2D eigenvalue weighted by molar-refractivity contribution is 6.30. The van der Waals surface area contributed by atoms with Crippen molar-refractivity contribution < 1.29 is 19.3 Å². The van der Waals surface area contributed by atoms with Crippen molar-refractivity contribution in [3.8, 4) is 0 Å². The Balaban J connectivity index is 2.14. The second-order valence-electron chi connectivity index (χ2n) is 4.91. The van der Waals surface area contributed by atoms with Gasteiger partial charge in [-0.15, -0.1) is 11.6 Å². The molecule has 1 aliphatic heterocycles. The molecule has 112 valence electrons. The summed E-state index contributed by atoms with van der Waals surface area (Å²) in [5, 5.41) is 1.92. The van der Waals surface area contributed by atoms with Gasteiger partial charge in [0.25, 0.3) is 0 Å². The molecule has 0 bridgehead atoms. The number of amides is 1. The number of rotatable bonds is 5. The van der Waals surface area contributed by atoms with Crippen LogP contribution in [-0.4, -0.2) is 36.6 Å². The first-order chi connectivity index (χ1) is 10.0. The van der Waals surface area contributed by atoms with Gasteiger partial charge in [0.15, 0.2) is 6.21 Å². The van der Waals surface area contributed by atoms with Crippen LogP contribution < -0.4 is 10.3 Å². The Bertz CT molecular complexity index is 573. The number of hydrogen-bond donors (Lipinski definition) is 2. The number of nitrogens with one attached hydrogen (secondary N) is 2. The van der Waals surface area contributed by atoms with Crippen molar-refractivity contribution in [1.29, 1.82) is 0 Å². The number of fused-ring (bicyclic) bond motifs is 1. The Morgan fingerprint density at radius 2 is 2.29 bits per heavy atom. The largest absolute Gasteiger partial charge is 0.467 e. The van der Waals surface area contributed by atoms with Gasteiger partial charge in [0.2, 0.25) is 11.6 Å². The average molecular weight is 310 g/mol. The van der Waals surface area contributed by atoms with Gasteiger partial charge in [0, 0.05) is 23.6 Å². The van der Waals surface area contributed by atoms with Crippen LogP contribution in [0.4, 0.5) is 0 Å². The Kier molecular flexibility index (Phi) is 4.96. The lowest BCUT2D eigenvalue weighted by Crippen LogP contribution is -2.64. The SMILES string of the molecule is COC(=O)[C@H](CC1=C2CC=CC=C2[NH+]=C1)NC(=O)C(C)Cl. The molecular formula is C15H18ClN2O3+. The van der Waals surface area contributed by atoms with E-state index in [4.69, 9.17) is 16.3 Å². The van der Waals surface area contributed by atoms with Crippen LogP contribution in [0.5, 0.6) is 0 Å². The summed E-state index contributed by atoms with van der Waals surface area (Å²) in [5.41, 5.74) is 3.16. The maximum Gasteiger partial charge on any atom is 0.328 e. The summed E-state index contributed by atoms with van der Waals surface area (Å²) in [6, 6.07) is -0.741. The Morgan fingerprint density at radius 3 is 2.95 bits per heavy atom. The van der Waals surface area contributed by atoms with Crippen molar-refractivity contribution in [3.63, 3.8) is 0 Å². The van der Waals surface area contributed by atoms with Gasteiger partial charge in [-0.05, 0) is 13.3 Å². The second-order valence-corrected chi connectivity index (χ2v) is 5.56. The van der Waals surface area contributed by atoms with E-state index >= 15 is 0 Å². The number of carbonyl (C=O) groups excluding carboxylic acids is 2. The molecule has 0 fully saturated rings. The van der Waals surface area contributed by atoms with Crippen LogP contribution in [0.1, 0.15) is 19.8 Å². The molecule has 0 aromatic carbocycles. The van der Waals surface area contributed by atoms with Crippen molar-refractivity contribution in [2.75, 3.05) is 7.11 Å². The highest BCUT2D eigenvalue weighted by atomic mass is 35.5. The fraction of sp³-hybridized carbons (Fsp3) is 0.400. The summed E-state index contributed by atoms with van der Waals surface area (Å²) in [5.74, 6) is -0.867. The third kappa shape index (κ3) is 3.61. The number of ether oxygens (including phenoxy) is 1. The number of carbonyl (C=O) groups is 2. The molecule has 1 heterocycles. The van der Waals surface area contributed by atoms with Gasteiger partial charge in [-0.1, -0.05) is 12.2 Å². The van der Waals surface area contributed by atoms with Crippen LogP contribution in [0, 0.1) is 0 Å². The van der Waals surface area contributed by atoms with E-state index in [-0.39, 0.29) is 5.91 Å². The number of esters is 1. The lowest BCUT2D eigenvalue weighted by atomic mass is 9.96. The molecule has 21 heavy (non-hydrogen) atoms. The molecule has 0 radical (unpaired) electrons. The molecular weight excluding hydrogens is 292 g/mol. The van der Waals surface area contributed by atoms with E-state index in [0.717, 1.165) is 23.3 Å². The van der Waals surface area contributed by atoms with E-state index in [1.54, 1.807) is 6.92 Å². The minimum atomic E-state index is -0.741. The van der Waals surface area contributed by atoms with Crippen molar-refractivity contribution in [3.05, 3.63) is 35.1 Å². The molecule has 1 unspecified atom stereocenters. The first-order valence-corrected chi connectivity index (χ1v) is 7.17. The van der Waals surface area contributed by atoms with Gasteiger partial charge >= 0.3 is 5.97 Å². The lowest BCUT2D eigenvalue weighted by Gasteiger charge is -2.17. The minimum absolute atomic E-state index is 0.371. The average Bonchev–Trinajstić information content (AvgIpc) is 2.89. The van der Waals surface area contributed by atoms with Crippen LogP contribution in [-0.2, 0) is 14.3 Å². The van der Waals surface area contributed by atoms with Gasteiger partial charge in [-0.3, -0.25) is 4.79 Å². The third-order valence-electron chi connectivity index (χ3n) is 3.42.